The van der Waals surface area contributed by atoms with E-state index < -0.39 is 0 Å². The van der Waals surface area contributed by atoms with Crippen molar-refractivity contribution >= 4 is 0 Å². The van der Waals surface area contributed by atoms with E-state index in [4.69, 9.17) is 0 Å². The fourth-order valence-corrected chi connectivity index (χ4v) is 4.80. The highest BCUT2D eigenvalue weighted by atomic mass is 15.3. The van der Waals surface area contributed by atoms with Crippen LogP contribution in [-0.4, -0.2) is 23.5 Å². The van der Waals surface area contributed by atoms with Gasteiger partial charge in [-0.15, -0.1) is 0 Å². The fourth-order valence-electron chi connectivity index (χ4n) is 4.80. The van der Waals surface area contributed by atoms with Gasteiger partial charge in [-0.3, -0.25) is 4.90 Å². The van der Waals surface area contributed by atoms with E-state index in [1.54, 1.807) is 0 Å². The molecule has 0 aromatic carbocycles. The minimum absolute atomic E-state index is 0.534. The average molecular weight is 193 g/mol. The molecule has 14 heavy (non-hydrogen) atoms. The molecule has 0 radical (unpaired) electrons. The zero-order valence-electron chi connectivity index (χ0n) is 10.0. The Morgan fingerprint density at radius 3 is 2.57 bits per heavy atom. The van der Waals surface area contributed by atoms with Gasteiger partial charge in [0.1, 0.15) is 0 Å². The molecule has 5 atom stereocenters. The van der Waals surface area contributed by atoms with Crippen LogP contribution in [0, 0.1) is 16.7 Å². The first-order valence-electron chi connectivity index (χ1n) is 6.22. The summed E-state index contributed by atoms with van der Waals surface area (Å²) in [5.74, 6) is 0.925. The summed E-state index contributed by atoms with van der Waals surface area (Å²) in [7, 11) is 0. The smallest absolute Gasteiger partial charge is 0.0161 e. The van der Waals surface area contributed by atoms with Crippen LogP contribution in [0.4, 0.5) is 0 Å². The van der Waals surface area contributed by atoms with Crippen molar-refractivity contribution in [1.82, 2.24) is 4.90 Å². The molecule has 3 saturated heterocycles. The standard InChI is InChI=1S/C13H23N/c1-9-7-10-5-6-11-13(9,4)12(2,3)8-14(10)11/h9-11H,5-8H2,1-4H3. The molecule has 80 valence electrons. The van der Waals surface area contributed by atoms with Crippen LogP contribution in [0.3, 0.4) is 0 Å². The van der Waals surface area contributed by atoms with Crippen molar-refractivity contribution in [2.45, 2.75) is 59.0 Å². The summed E-state index contributed by atoms with van der Waals surface area (Å²) in [5.41, 5.74) is 1.12. The molecule has 0 amide bonds. The van der Waals surface area contributed by atoms with Gasteiger partial charge in [0, 0.05) is 18.6 Å². The Kier molecular flexibility index (Phi) is 1.56. The van der Waals surface area contributed by atoms with Crippen LogP contribution < -0.4 is 0 Å². The van der Waals surface area contributed by atoms with Crippen molar-refractivity contribution in [1.29, 1.82) is 0 Å². The minimum atomic E-state index is 0.534. The second kappa shape index (κ2) is 2.37. The third-order valence-electron chi connectivity index (χ3n) is 6.02. The van der Waals surface area contributed by atoms with Gasteiger partial charge >= 0.3 is 0 Å². The van der Waals surface area contributed by atoms with Crippen molar-refractivity contribution in [2.24, 2.45) is 16.7 Å². The average Bonchev–Trinajstić information content (AvgIpc) is 2.46. The number of nitrogens with zero attached hydrogens (tertiary/aromatic N) is 1. The van der Waals surface area contributed by atoms with E-state index in [1.807, 2.05) is 0 Å². The molecule has 0 N–H and O–H groups in total. The molecule has 3 aliphatic heterocycles. The van der Waals surface area contributed by atoms with Crippen molar-refractivity contribution in [3.8, 4) is 0 Å². The lowest BCUT2D eigenvalue weighted by Gasteiger charge is -2.48. The molecule has 3 heterocycles. The van der Waals surface area contributed by atoms with Crippen molar-refractivity contribution in [2.75, 3.05) is 6.54 Å². The van der Waals surface area contributed by atoms with E-state index in [-0.39, 0.29) is 0 Å². The second-order valence-electron chi connectivity index (χ2n) is 6.72. The molecule has 0 aliphatic carbocycles. The van der Waals surface area contributed by atoms with Gasteiger partial charge in [0.15, 0.2) is 0 Å². The summed E-state index contributed by atoms with van der Waals surface area (Å²) in [6.45, 7) is 11.4. The number of hydrogen-bond donors (Lipinski definition) is 0. The van der Waals surface area contributed by atoms with Crippen molar-refractivity contribution in [3.63, 3.8) is 0 Å². The normalized spacial score (nSPS) is 59.1. The topological polar surface area (TPSA) is 3.24 Å². The third kappa shape index (κ3) is 0.778. The molecule has 0 aromatic rings. The molecule has 5 unspecified atom stereocenters. The van der Waals surface area contributed by atoms with E-state index in [0.717, 1.165) is 18.0 Å². The van der Waals surface area contributed by atoms with Gasteiger partial charge < -0.3 is 0 Å². The largest absolute Gasteiger partial charge is 0.296 e. The lowest BCUT2D eigenvalue weighted by molar-refractivity contribution is 0.0148. The SMILES string of the molecule is CC1CC2CCC3N2CC(C)(C)C13C. The van der Waals surface area contributed by atoms with Crippen LogP contribution in [0.2, 0.25) is 0 Å². The Balaban J connectivity index is 2.10. The first-order valence-corrected chi connectivity index (χ1v) is 6.22. The zero-order chi connectivity index (χ0) is 10.1. The van der Waals surface area contributed by atoms with Crippen LogP contribution in [0.5, 0.6) is 0 Å². The molecular weight excluding hydrogens is 170 g/mol. The summed E-state index contributed by atoms with van der Waals surface area (Å²) in [5, 5.41) is 0. The van der Waals surface area contributed by atoms with Crippen LogP contribution in [0.25, 0.3) is 0 Å². The molecule has 0 spiro atoms. The third-order valence-corrected chi connectivity index (χ3v) is 6.02. The second-order valence-corrected chi connectivity index (χ2v) is 6.72. The predicted molar refractivity (Wildman–Crippen MR) is 59.2 cm³/mol. The van der Waals surface area contributed by atoms with Crippen LogP contribution in [0.15, 0.2) is 0 Å². The molecule has 3 fully saturated rings. The molecule has 1 nitrogen and oxygen atoms in total. The fraction of sp³-hybridized carbons (Fsp3) is 1.00. The maximum atomic E-state index is 2.83. The Bertz CT molecular complexity index is 270. The Morgan fingerprint density at radius 2 is 1.86 bits per heavy atom. The summed E-state index contributed by atoms with van der Waals surface area (Å²) in [6.07, 6.45) is 4.39. The Hall–Kier alpha value is -0.0400. The van der Waals surface area contributed by atoms with Crippen molar-refractivity contribution in [3.05, 3.63) is 0 Å². The molecule has 0 saturated carbocycles. The Morgan fingerprint density at radius 1 is 1.14 bits per heavy atom. The first kappa shape index (κ1) is 9.21. The maximum absolute atomic E-state index is 2.83. The predicted octanol–water partition coefficient (Wildman–Crippen LogP) is 2.91. The summed E-state index contributed by atoms with van der Waals surface area (Å²) >= 11 is 0. The van der Waals surface area contributed by atoms with Crippen molar-refractivity contribution < 1.29 is 0 Å². The van der Waals surface area contributed by atoms with E-state index >= 15 is 0 Å². The van der Waals surface area contributed by atoms with Gasteiger partial charge in [-0.1, -0.05) is 27.7 Å². The van der Waals surface area contributed by atoms with E-state index in [0.29, 0.717) is 10.8 Å². The van der Waals surface area contributed by atoms with Gasteiger partial charge in [0.2, 0.25) is 0 Å². The van der Waals surface area contributed by atoms with Gasteiger partial charge in [-0.25, -0.2) is 0 Å². The number of piperidine rings is 1. The Labute approximate surface area is 87.9 Å². The highest BCUT2D eigenvalue weighted by Crippen LogP contribution is 2.63. The lowest BCUT2D eigenvalue weighted by Crippen LogP contribution is -2.49. The van der Waals surface area contributed by atoms with Crippen LogP contribution in [-0.2, 0) is 0 Å². The number of rotatable bonds is 0. The maximum Gasteiger partial charge on any atom is 0.0161 e. The van der Waals surface area contributed by atoms with E-state index in [2.05, 4.69) is 32.6 Å². The van der Waals surface area contributed by atoms with Gasteiger partial charge in [0.05, 0.1) is 0 Å². The molecule has 1 heteroatoms. The van der Waals surface area contributed by atoms with E-state index in [1.165, 1.54) is 25.8 Å². The van der Waals surface area contributed by atoms with Crippen LogP contribution in [0.1, 0.15) is 47.0 Å². The molecule has 3 aliphatic rings. The highest BCUT2D eigenvalue weighted by Gasteiger charge is 2.64. The zero-order valence-corrected chi connectivity index (χ0v) is 10.0. The summed E-state index contributed by atoms with van der Waals surface area (Å²) in [6, 6.07) is 1.84. The summed E-state index contributed by atoms with van der Waals surface area (Å²) < 4.78 is 0. The van der Waals surface area contributed by atoms with E-state index in [9.17, 15) is 0 Å². The molecular formula is C13H23N. The molecule has 0 aromatic heterocycles. The highest BCUT2D eigenvalue weighted by molar-refractivity contribution is 5.16. The van der Waals surface area contributed by atoms with Gasteiger partial charge in [-0.2, -0.15) is 0 Å². The van der Waals surface area contributed by atoms with Gasteiger partial charge in [0.25, 0.3) is 0 Å². The summed E-state index contributed by atoms with van der Waals surface area (Å²) in [4.78, 5) is 2.83. The molecule has 4 bridgehead atoms. The van der Waals surface area contributed by atoms with Gasteiger partial charge in [-0.05, 0) is 36.0 Å². The first-order chi connectivity index (χ1) is 6.47. The quantitative estimate of drug-likeness (QED) is 0.572. The van der Waals surface area contributed by atoms with Crippen LogP contribution >= 0.6 is 0 Å². The minimum Gasteiger partial charge on any atom is -0.296 e. The number of hydrogen-bond acceptors (Lipinski definition) is 1. The monoisotopic (exact) mass is 193 g/mol. The molecule has 3 rings (SSSR count). The lowest BCUT2D eigenvalue weighted by atomic mass is 9.58.